The minimum absolute atomic E-state index is 0.373. The molecule has 0 unspecified atom stereocenters. The van der Waals surface area contributed by atoms with Crippen molar-refractivity contribution in [3.63, 3.8) is 0 Å². The van der Waals surface area contributed by atoms with Gasteiger partial charge in [-0.15, -0.1) is 0 Å². The van der Waals surface area contributed by atoms with Gasteiger partial charge in [-0.05, 0) is 18.9 Å². The number of rotatable bonds is 6. The minimum Gasteiger partial charge on any atom is -0.478 e. The van der Waals surface area contributed by atoms with Crippen molar-refractivity contribution in [2.75, 3.05) is 13.7 Å². The van der Waals surface area contributed by atoms with E-state index in [1.165, 1.54) is 0 Å². The van der Waals surface area contributed by atoms with E-state index in [2.05, 4.69) is 0 Å². The van der Waals surface area contributed by atoms with Crippen LogP contribution >= 0.6 is 0 Å². The Bertz CT molecular complexity index is 545. The van der Waals surface area contributed by atoms with Crippen molar-refractivity contribution in [3.05, 3.63) is 36.0 Å². The molecular formula is C14H17NO3. The monoisotopic (exact) mass is 247 g/mol. The third kappa shape index (κ3) is 2.54. The molecule has 0 saturated carbocycles. The molecule has 1 heterocycles. The number of aromatic carboxylic acids is 1. The average Bonchev–Trinajstić information content (AvgIpc) is 2.74. The van der Waals surface area contributed by atoms with Gasteiger partial charge in [0.2, 0.25) is 0 Å². The predicted molar refractivity (Wildman–Crippen MR) is 70.0 cm³/mol. The number of aromatic nitrogens is 1. The van der Waals surface area contributed by atoms with Crippen molar-refractivity contribution in [1.82, 2.24) is 4.57 Å². The number of unbranched alkanes of at least 4 members (excludes halogenated alkanes) is 1. The zero-order valence-corrected chi connectivity index (χ0v) is 10.4. The van der Waals surface area contributed by atoms with Gasteiger partial charge >= 0.3 is 5.97 Å². The standard InChI is InChI=1S/C14H17NO3/c1-18-9-5-4-8-15-10-12(14(16)17)11-6-2-3-7-13(11)15/h2-3,6-7,10H,4-5,8-9H2,1H3,(H,16,17). The molecule has 96 valence electrons. The number of benzene rings is 1. The molecule has 0 saturated heterocycles. The molecule has 1 aromatic heterocycles. The second-order valence-electron chi connectivity index (χ2n) is 4.26. The lowest BCUT2D eigenvalue weighted by Gasteiger charge is -2.04. The predicted octanol–water partition coefficient (Wildman–Crippen LogP) is 2.77. The summed E-state index contributed by atoms with van der Waals surface area (Å²) in [5.74, 6) is -0.873. The van der Waals surface area contributed by atoms with Crippen LogP contribution in [0.4, 0.5) is 0 Å². The highest BCUT2D eigenvalue weighted by Crippen LogP contribution is 2.21. The summed E-state index contributed by atoms with van der Waals surface area (Å²) in [7, 11) is 1.69. The van der Waals surface area contributed by atoms with Crippen LogP contribution < -0.4 is 0 Å². The SMILES string of the molecule is COCCCCn1cc(C(=O)O)c2ccccc21. The minimum atomic E-state index is -0.873. The van der Waals surface area contributed by atoms with Crippen molar-refractivity contribution in [2.45, 2.75) is 19.4 Å². The second kappa shape index (κ2) is 5.69. The van der Waals surface area contributed by atoms with Gasteiger partial charge in [-0.1, -0.05) is 18.2 Å². The van der Waals surface area contributed by atoms with Crippen LogP contribution in [0.25, 0.3) is 10.9 Å². The van der Waals surface area contributed by atoms with Crippen LogP contribution in [0.15, 0.2) is 30.5 Å². The third-order valence-corrected chi connectivity index (χ3v) is 3.02. The van der Waals surface area contributed by atoms with Gasteiger partial charge in [0.15, 0.2) is 0 Å². The lowest BCUT2D eigenvalue weighted by Crippen LogP contribution is -1.99. The number of nitrogens with zero attached hydrogens (tertiary/aromatic N) is 1. The summed E-state index contributed by atoms with van der Waals surface area (Å²) in [4.78, 5) is 11.2. The normalized spacial score (nSPS) is 10.9. The van der Waals surface area contributed by atoms with Gasteiger partial charge < -0.3 is 14.4 Å². The fourth-order valence-corrected chi connectivity index (χ4v) is 2.13. The van der Waals surface area contributed by atoms with Gasteiger partial charge in [-0.3, -0.25) is 0 Å². The summed E-state index contributed by atoms with van der Waals surface area (Å²) < 4.78 is 7.02. The second-order valence-corrected chi connectivity index (χ2v) is 4.26. The molecule has 1 aromatic carbocycles. The van der Waals surface area contributed by atoms with Crippen LogP contribution in [0, 0.1) is 0 Å². The fourth-order valence-electron chi connectivity index (χ4n) is 2.13. The first-order valence-corrected chi connectivity index (χ1v) is 6.04. The maximum Gasteiger partial charge on any atom is 0.337 e. The molecule has 0 amide bonds. The summed E-state index contributed by atoms with van der Waals surface area (Å²) in [6.07, 6.45) is 3.68. The van der Waals surface area contributed by atoms with E-state index in [4.69, 9.17) is 4.74 Å². The first-order chi connectivity index (χ1) is 8.74. The number of carbonyl (C=O) groups is 1. The van der Waals surface area contributed by atoms with Gasteiger partial charge in [0, 0.05) is 37.4 Å². The van der Waals surface area contributed by atoms with E-state index in [1.807, 2.05) is 28.8 Å². The van der Waals surface area contributed by atoms with Crippen LogP contribution in [0.2, 0.25) is 0 Å². The van der Waals surface area contributed by atoms with E-state index in [0.717, 1.165) is 36.9 Å². The Kier molecular flexibility index (Phi) is 3.99. The van der Waals surface area contributed by atoms with E-state index in [0.29, 0.717) is 5.56 Å². The van der Waals surface area contributed by atoms with Crippen LogP contribution in [0.5, 0.6) is 0 Å². The lowest BCUT2D eigenvalue weighted by molar-refractivity contribution is 0.0698. The molecule has 4 heteroatoms. The smallest absolute Gasteiger partial charge is 0.337 e. The molecular weight excluding hydrogens is 230 g/mol. The molecule has 4 nitrogen and oxygen atoms in total. The maximum absolute atomic E-state index is 11.2. The average molecular weight is 247 g/mol. The first-order valence-electron chi connectivity index (χ1n) is 6.04. The number of fused-ring (bicyclic) bond motifs is 1. The number of ether oxygens (including phenoxy) is 1. The largest absolute Gasteiger partial charge is 0.478 e. The quantitative estimate of drug-likeness (QED) is 0.798. The number of aryl methyl sites for hydroxylation is 1. The lowest BCUT2D eigenvalue weighted by atomic mass is 10.2. The molecule has 0 radical (unpaired) electrons. The number of carboxylic acid groups (broad SMARTS) is 1. The topological polar surface area (TPSA) is 51.5 Å². The van der Waals surface area contributed by atoms with Gasteiger partial charge in [-0.25, -0.2) is 4.79 Å². The van der Waals surface area contributed by atoms with Gasteiger partial charge in [-0.2, -0.15) is 0 Å². The molecule has 0 spiro atoms. The van der Waals surface area contributed by atoms with Gasteiger partial charge in [0.05, 0.1) is 5.56 Å². The third-order valence-electron chi connectivity index (χ3n) is 3.02. The molecule has 18 heavy (non-hydrogen) atoms. The molecule has 0 atom stereocenters. The van der Waals surface area contributed by atoms with E-state index in [9.17, 15) is 9.90 Å². The van der Waals surface area contributed by atoms with E-state index in [1.54, 1.807) is 13.3 Å². The highest BCUT2D eigenvalue weighted by Gasteiger charge is 2.12. The molecule has 0 aliphatic rings. The Morgan fingerprint density at radius 2 is 2.11 bits per heavy atom. The Balaban J connectivity index is 2.24. The Labute approximate surface area is 106 Å². The van der Waals surface area contributed by atoms with Gasteiger partial charge in [0.25, 0.3) is 0 Å². The number of hydrogen-bond donors (Lipinski definition) is 1. The van der Waals surface area contributed by atoms with Crippen LogP contribution in [-0.4, -0.2) is 29.4 Å². The number of para-hydroxylation sites is 1. The van der Waals surface area contributed by atoms with Crippen molar-refractivity contribution in [3.8, 4) is 0 Å². The Morgan fingerprint density at radius 3 is 2.83 bits per heavy atom. The molecule has 1 N–H and O–H groups in total. The zero-order valence-electron chi connectivity index (χ0n) is 10.4. The molecule has 0 fully saturated rings. The van der Waals surface area contributed by atoms with E-state index < -0.39 is 5.97 Å². The summed E-state index contributed by atoms with van der Waals surface area (Å²) in [5, 5.41) is 9.98. The summed E-state index contributed by atoms with van der Waals surface area (Å²) >= 11 is 0. The van der Waals surface area contributed by atoms with Crippen molar-refractivity contribution < 1.29 is 14.6 Å². The van der Waals surface area contributed by atoms with Crippen LogP contribution in [0.1, 0.15) is 23.2 Å². The van der Waals surface area contributed by atoms with E-state index in [-0.39, 0.29) is 0 Å². The van der Waals surface area contributed by atoms with Crippen molar-refractivity contribution in [1.29, 1.82) is 0 Å². The Hall–Kier alpha value is -1.81. The maximum atomic E-state index is 11.2. The summed E-state index contributed by atoms with van der Waals surface area (Å²) in [6, 6.07) is 7.60. The first kappa shape index (κ1) is 12.6. The summed E-state index contributed by atoms with van der Waals surface area (Å²) in [5.41, 5.74) is 1.35. The number of carboxylic acids is 1. The van der Waals surface area contributed by atoms with Crippen molar-refractivity contribution >= 4 is 16.9 Å². The van der Waals surface area contributed by atoms with Crippen LogP contribution in [-0.2, 0) is 11.3 Å². The molecule has 0 aliphatic heterocycles. The summed E-state index contributed by atoms with van der Waals surface area (Å²) in [6.45, 7) is 1.56. The highest BCUT2D eigenvalue weighted by molar-refractivity contribution is 6.03. The zero-order chi connectivity index (χ0) is 13.0. The van der Waals surface area contributed by atoms with E-state index >= 15 is 0 Å². The fraction of sp³-hybridized carbons (Fsp3) is 0.357. The molecule has 2 aromatic rings. The van der Waals surface area contributed by atoms with Crippen molar-refractivity contribution in [2.24, 2.45) is 0 Å². The number of hydrogen-bond acceptors (Lipinski definition) is 2. The van der Waals surface area contributed by atoms with Gasteiger partial charge in [0.1, 0.15) is 0 Å². The molecule has 0 aliphatic carbocycles. The molecule has 0 bridgehead atoms. The van der Waals surface area contributed by atoms with Crippen LogP contribution in [0.3, 0.4) is 0 Å². The Morgan fingerprint density at radius 1 is 1.33 bits per heavy atom. The number of methoxy groups -OCH3 is 1. The molecule has 2 rings (SSSR count). The highest BCUT2D eigenvalue weighted by atomic mass is 16.5.